The standard InChI is InChI=1S/C13H24N2/c1-2-12(3-1)14-8-9-15(13-6-7-13)10-11-4-5-11/h11-14H,1-10H2. The van der Waals surface area contributed by atoms with Gasteiger partial charge in [0.1, 0.15) is 0 Å². The van der Waals surface area contributed by atoms with Gasteiger partial charge < -0.3 is 5.32 Å². The van der Waals surface area contributed by atoms with E-state index in [4.69, 9.17) is 0 Å². The predicted molar refractivity (Wildman–Crippen MR) is 63.0 cm³/mol. The Morgan fingerprint density at radius 1 is 1.00 bits per heavy atom. The first-order chi connectivity index (χ1) is 7.42. The van der Waals surface area contributed by atoms with Gasteiger partial charge in [0.05, 0.1) is 0 Å². The summed E-state index contributed by atoms with van der Waals surface area (Å²) >= 11 is 0. The number of nitrogens with zero attached hydrogens (tertiary/aromatic N) is 1. The molecule has 2 heteroatoms. The Morgan fingerprint density at radius 3 is 2.33 bits per heavy atom. The van der Waals surface area contributed by atoms with Crippen molar-refractivity contribution in [1.29, 1.82) is 0 Å². The molecular weight excluding hydrogens is 184 g/mol. The lowest BCUT2D eigenvalue weighted by atomic mass is 9.93. The summed E-state index contributed by atoms with van der Waals surface area (Å²) in [6.45, 7) is 3.93. The zero-order valence-corrected chi connectivity index (χ0v) is 9.75. The Labute approximate surface area is 93.4 Å². The molecule has 3 rings (SSSR count). The summed E-state index contributed by atoms with van der Waals surface area (Å²) in [5.74, 6) is 1.06. The van der Waals surface area contributed by atoms with Gasteiger partial charge in [-0.25, -0.2) is 0 Å². The van der Waals surface area contributed by atoms with E-state index in [1.807, 2.05) is 0 Å². The maximum Gasteiger partial charge on any atom is 0.0110 e. The fraction of sp³-hybridized carbons (Fsp3) is 1.00. The lowest BCUT2D eigenvalue weighted by Gasteiger charge is -2.29. The summed E-state index contributed by atoms with van der Waals surface area (Å²) in [6.07, 6.45) is 10.2. The molecule has 3 saturated carbocycles. The molecule has 0 aliphatic heterocycles. The lowest BCUT2D eigenvalue weighted by Crippen LogP contribution is -2.41. The van der Waals surface area contributed by atoms with Crippen molar-refractivity contribution in [3.63, 3.8) is 0 Å². The molecule has 15 heavy (non-hydrogen) atoms. The second-order valence-corrected chi connectivity index (χ2v) is 5.75. The van der Waals surface area contributed by atoms with Crippen LogP contribution in [0.1, 0.15) is 44.9 Å². The van der Waals surface area contributed by atoms with Crippen LogP contribution >= 0.6 is 0 Å². The largest absolute Gasteiger partial charge is 0.313 e. The molecule has 2 nitrogen and oxygen atoms in total. The highest BCUT2D eigenvalue weighted by Gasteiger charge is 2.33. The van der Waals surface area contributed by atoms with Crippen LogP contribution in [0.5, 0.6) is 0 Å². The van der Waals surface area contributed by atoms with Crippen LogP contribution in [-0.4, -0.2) is 36.6 Å². The summed E-state index contributed by atoms with van der Waals surface area (Å²) in [6, 6.07) is 1.83. The minimum atomic E-state index is 0.868. The highest BCUT2D eigenvalue weighted by Crippen LogP contribution is 2.34. The van der Waals surface area contributed by atoms with Gasteiger partial charge in [0.15, 0.2) is 0 Å². The molecule has 0 amide bonds. The van der Waals surface area contributed by atoms with Crippen molar-refractivity contribution in [3.05, 3.63) is 0 Å². The van der Waals surface area contributed by atoms with Crippen LogP contribution in [-0.2, 0) is 0 Å². The Hall–Kier alpha value is -0.0800. The second kappa shape index (κ2) is 4.42. The van der Waals surface area contributed by atoms with Gasteiger partial charge >= 0.3 is 0 Å². The van der Waals surface area contributed by atoms with Crippen LogP contribution in [0, 0.1) is 5.92 Å². The van der Waals surface area contributed by atoms with Gasteiger partial charge in [0.25, 0.3) is 0 Å². The molecule has 1 N–H and O–H groups in total. The molecule has 0 aromatic rings. The van der Waals surface area contributed by atoms with Crippen LogP contribution in [0.2, 0.25) is 0 Å². The molecule has 86 valence electrons. The Balaban J connectivity index is 1.34. The fourth-order valence-electron chi connectivity index (χ4n) is 2.52. The molecule has 0 aromatic carbocycles. The molecule has 0 bridgehead atoms. The van der Waals surface area contributed by atoms with Crippen LogP contribution < -0.4 is 5.32 Å². The third kappa shape index (κ3) is 2.94. The maximum atomic E-state index is 3.68. The first-order valence-corrected chi connectivity index (χ1v) is 6.89. The number of hydrogen-bond acceptors (Lipinski definition) is 2. The Morgan fingerprint density at radius 2 is 1.80 bits per heavy atom. The Kier molecular flexibility index (Phi) is 2.98. The van der Waals surface area contributed by atoms with Crippen LogP contribution in [0.15, 0.2) is 0 Å². The summed E-state index contributed by atoms with van der Waals surface area (Å²) in [7, 11) is 0. The minimum absolute atomic E-state index is 0.868. The van der Waals surface area contributed by atoms with E-state index in [2.05, 4.69) is 10.2 Å². The lowest BCUT2D eigenvalue weighted by molar-refractivity contribution is 0.238. The van der Waals surface area contributed by atoms with Gasteiger partial charge in [-0.05, 0) is 44.4 Å². The van der Waals surface area contributed by atoms with Crippen molar-refractivity contribution in [2.75, 3.05) is 19.6 Å². The predicted octanol–water partition coefficient (Wildman–Crippen LogP) is 2.00. The van der Waals surface area contributed by atoms with E-state index < -0.39 is 0 Å². The SMILES string of the molecule is C1CC(NCCN(CC2CC2)C2CC2)C1. The number of hydrogen-bond donors (Lipinski definition) is 1. The fourth-order valence-corrected chi connectivity index (χ4v) is 2.52. The third-order valence-electron chi connectivity index (χ3n) is 4.19. The average molecular weight is 208 g/mol. The van der Waals surface area contributed by atoms with Crippen molar-refractivity contribution in [3.8, 4) is 0 Å². The quantitative estimate of drug-likeness (QED) is 0.688. The monoisotopic (exact) mass is 208 g/mol. The smallest absolute Gasteiger partial charge is 0.0110 e. The molecule has 0 unspecified atom stereocenters. The molecule has 0 aromatic heterocycles. The minimum Gasteiger partial charge on any atom is -0.313 e. The van der Waals surface area contributed by atoms with E-state index >= 15 is 0 Å². The Bertz CT molecular complexity index is 205. The zero-order chi connectivity index (χ0) is 10.1. The van der Waals surface area contributed by atoms with Gasteiger partial charge in [0, 0.05) is 31.7 Å². The third-order valence-corrected chi connectivity index (χ3v) is 4.19. The average Bonchev–Trinajstić information content (AvgIpc) is 2.98. The second-order valence-electron chi connectivity index (χ2n) is 5.75. The molecule has 3 fully saturated rings. The van der Waals surface area contributed by atoms with Crippen molar-refractivity contribution >= 4 is 0 Å². The first-order valence-electron chi connectivity index (χ1n) is 6.89. The summed E-state index contributed by atoms with van der Waals surface area (Å²) in [5, 5.41) is 3.68. The molecule has 0 radical (unpaired) electrons. The molecule has 0 spiro atoms. The topological polar surface area (TPSA) is 15.3 Å². The summed E-state index contributed by atoms with van der Waals surface area (Å²) in [5.41, 5.74) is 0. The van der Waals surface area contributed by atoms with E-state index in [0.717, 1.165) is 18.0 Å². The highest BCUT2D eigenvalue weighted by atomic mass is 15.2. The van der Waals surface area contributed by atoms with Gasteiger partial charge in [-0.1, -0.05) is 6.42 Å². The van der Waals surface area contributed by atoms with E-state index in [1.54, 1.807) is 0 Å². The van der Waals surface area contributed by atoms with E-state index in [0.29, 0.717) is 0 Å². The van der Waals surface area contributed by atoms with Crippen LogP contribution in [0.25, 0.3) is 0 Å². The van der Waals surface area contributed by atoms with Crippen molar-refractivity contribution < 1.29 is 0 Å². The van der Waals surface area contributed by atoms with Gasteiger partial charge in [0.2, 0.25) is 0 Å². The van der Waals surface area contributed by atoms with E-state index in [1.165, 1.54) is 64.6 Å². The van der Waals surface area contributed by atoms with Crippen molar-refractivity contribution in [2.45, 2.75) is 57.0 Å². The molecule has 0 atom stereocenters. The van der Waals surface area contributed by atoms with Crippen LogP contribution in [0.3, 0.4) is 0 Å². The molecule has 0 heterocycles. The zero-order valence-electron chi connectivity index (χ0n) is 9.75. The molecule has 0 saturated heterocycles. The first kappa shape index (κ1) is 10.1. The molecule has 3 aliphatic carbocycles. The summed E-state index contributed by atoms with van der Waals surface area (Å²) < 4.78 is 0. The number of rotatable bonds is 7. The maximum absolute atomic E-state index is 3.68. The van der Waals surface area contributed by atoms with Crippen molar-refractivity contribution in [2.24, 2.45) is 5.92 Å². The summed E-state index contributed by atoms with van der Waals surface area (Å²) in [4.78, 5) is 2.75. The van der Waals surface area contributed by atoms with Gasteiger partial charge in [-0.3, -0.25) is 4.90 Å². The molecule has 3 aliphatic rings. The number of nitrogens with one attached hydrogen (secondary N) is 1. The van der Waals surface area contributed by atoms with E-state index in [-0.39, 0.29) is 0 Å². The van der Waals surface area contributed by atoms with Crippen LogP contribution in [0.4, 0.5) is 0 Å². The van der Waals surface area contributed by atoms with Crippen molar-refractivity contribution in [1.82, 2.24) is 10.2 Å². The molecular formula is C13H24N2. The van der Waals surface area contributed by atoms with E-state index in [9.17, 15) is 0 Å². The highest BCUT2D eigenvalue weighted by molar-refractivity contribution is 4.89. The normalized spacial score (nSPS) is 27.0. The van der Waals surface area contributed by atoms with Gasteiger partial charge in [-0.15, -0.1) is 0 Å². The van der Waals surface area contributed by atoms with Gasteiger partial charge in [-0.2, -0.15) is 0 Å².